The summed E-state index contributed by atoms with van der Waals surface area (Å²) < 4.78 is 27.9. The lowest BCUT2D eigenvalue weighted by atomic mass is 10.0. The number of hydrogen-bond donors (Lipinski definition) is 1. The van der Waals surface area contributed by atoms with E-state index in [1.54, 1.807) is 28.8 Å². The Labute approximate surface area is 130 Å². The molecule has 2 aromatic rings. The van der Waals surface area contributed by atoms with Crippen molar-refractivity contribution in [1.29, 1.82) is 0 Å². The Kier molecular flexibility index (Phi) is 3.21. The lowest BCUT2D eigenvalue weighted by Gasteiger charge is -2.19. The fourth-order valence-corrected chi connectivity index (χ4v) is 5.58. The maximum Gasteiger partial charge on any atom is 0.243 e. The molecular weight excluding hydrogens is 298 g/mol. The average molecular weight is 317 g/mol. The number of rotatable bonds is 2. The minimum Gasteiger partial charge on any atom is -0.316 e. The number of nitrogens with one attached hydrogen (secondary N) is 1. The number of nitrogens with zero attached hydrogens (tertiary/aromatic N) is 2. The van der Waals surface area contributed by atoms with Crippen molar-refractivity contribution in [3.8, 4) is 0 Å². The van der Waals surface area contributed by atoms with Gasteiger partial charge in [-0.05, 0) is 43.5 Å². The Bertz CT molecular complexity index is 817. The Hall–Kier alpha value is -1.50. The minimum absolute atomic E-state index is 0.415. The van der Waals surface area contributed by atoms with E-state index in [0.29, 0.717) is 29.8 Å². The van der Waals surface area contributed by atoms with Gasteiger partial charge in [-0.3, -0.25) is 4.98 Å². The minimum atomic E-state index is -3.45. The molecule has 2 fully saturated rings. The fraction of sp³-hybridized carbons (Fsp3) is 0.438. The van der Waals surface area contributed by atoms with Crippen molar-refractivity contribution in [2.75, 3.05) is 26.2 Å². The van der Waals surface area contributed by atoms with Crippen molar-refractivity contribution in [3.05, 3.63) is 36.2 Å². The standard InChI is InChI=1S/C16H19N3O2S/c1-11-5-17-6-12-3-2-4-15(16(11)12)22(20,21)19-9-13-7-18-8-14(13)10-19/h2-6,13-14,18H,7-10H2,1H3/t13-,14+. The van der Waals surface area contributed by atoms with E-state index >= 15 is 0 Å². The smallest absolute Gasteiger partial charge is 0.243 e. The summed E-state index contributed by atoms with van der Waals surface area (Å²) in [5, 5.41) is 5.02. The molecule has 2 atom stereocenters. The Morgan fingerprint density at radius 2 is 1.91 bits per heavy atom. The maximum atomic E-state index is 13.1. The van der Waals surface area contributed by atoms with Crippen LogP contribution in [0.2, 0.25) is 0 Å². The molecule has 3 heterocycles. The van der Waals surface area contributed by atoms with Crippen LogP contribution >= 0.6 is 0 Å². The molecule has 6 heteroatoms. The van der Waals surface area contributed by atoms with Gasteiger partial charge in [-0.15, -0.1) is 0 Å². The quantitative estimate of drug-likeness (QED) is 0.909. The van der Waals surface area contributed by atoms with Crippen molar-refractivity contribution in [3.63, 3.8) is 0 Å². The predicted molar refractivity (Wildman–Crippen MR) is 85.1 cm³/mol. The van der Waals surface area contributed by atoms with Crippen LogP contribution < -0.4 is 5.32 Å². The summed E-state index contributed by atoms with van der Waals surface area (Å²) in [6.07, 6.45) is 3.45. The molecule has 0 saturated carbocycles. The first-order valence-electron chi connectivity index (χ1n) is 7.61. The monoisotopic (exact) mass is 317 g/mol. The molecule has 4 rings (SSSR count). The van der Waals surface area contributed by atoms with Gasteiger partial charge in [0.1, 0.15) is 0 Å². The van der Waals surface area contributed by atoms with Crippen molar-refractivity contribution >= 4 is 20.8 Å². The summed E-state index contributed by atoms with van der Waals surface area (Å²) in [5.74, 6) is 0.903. The number of hydrogen-bond acceptors (Lipinski definition) is 4. The highest BCUT2D eigenvalue weighted by molar-refractivity contribution is 7.89. The van der Waals surface area contributed by atoms with E-state index in [2.05, 4.69) is 10.3 Å². The van der Waals surface area contributed by atoms with E-state index in [4.69, 9.17) is 0 Å². The maximum absolute atomic E-state index is 13.1. The van der Waals surface area contributed by atoms with Gasteiger partial charge in [0.05, 0.1) is 4.90 Å². The molecule has 0 bridgehead atoms. The summed E-state index contributed by atoms with van der Waals surface area (Å²) >= 11 is 0. The Morgan fingerprint density at radius 1 is 1.18 bits per heavy atom. The van der Waals surface area contributed by atoms with E-state index in [9.17, 15) is 8.42 Å². The zero-order chi connectivity index (χ0) is 15.3. The summed E-state index contributed by atoms with van der Waals surface area (Å²) in [5.41, 5.74) is 0.901. The lowest BCUT2D eigenvalue weighted by Crippen LogP contribution is -2.32. The molecule has 0 amide bonds. The molecule has 1 N–H and O–H groups in total. The van der Waals surface area contributed by atoms with Crippen LogP contribution in [-0.2, 0) is 10.0 Å². The van der Waals surface area contributed by atoms with Crippen LogP contribution in [0.25, 0.3) is 10.8 Å². The zero-order valence-electron chi connectivity index (χ0n) is 12.5. The molecule has 1 aromatic carbocycles. The number of pyridine rings is 1. The van der Waals surface area contributed by atoms with Crippen LogP contribution in [-0.4, -0.2) is 43.9 Å². The van der Waals surface area contributed by atoms with Crippen LogP contribution in [0, 0.1) is 18.8 Å². The SMILES string of the molecule is Cc1cncc2cccc(S(=O)(=O)N3C[C@H]4CNC[C@H]4C3)c12. The van der Waals surface area contributed by atoms with Gasteiger partial charge in [-0.2, -0.15) is 4.31 Å². The summed E-state index contributed by atoms with van der Waals surface area (Å²) in [6, 6.07) is 5.43. The first-order chi connectivity index (χ1) is 10.6. The van der Waals surface area contributed by atoms with Gasteiger partial charge in [0.25, 0.3) is 0 Å². The highest BCUT2D eigenvalue weighted by Crippen LogP contribution is 2.33. The third kappa shape index (κ3) is 2.06. The predicted octanol–water partition coefficient (Wildman–Crippen LogP) is 1.38. The highest BCUT2D eigenvalue weighted by Gasteiger charge is 2.41. The molecule has 0 aliphatic carbocycles. The number of aromatic nitrogens is 1. The second-order valence-corrected chi connectivity index (χ2v) is 8.22. The molecule has 22 heavy (non-hydrogen) atoms. The van der Waals surface area contributed by atoms with Gasteiger partial charge < -0.3 is 5.32 Å². The molecule has 1 aromatic heterocycles. The number of aryl methyl sites for hydroxylation is 1. The van der Waals surface area contributed by atoms with Gasteiger partial charge in [-0.1, -0.05) is 12.1 Å². The third-order valence-electron chi connectivity index (χ3n) is 4.91. The van der Waals surface area contributed by atoms with E-state index in [1.165, 1.54) is 0 Å². The van der Waals surface area contributed by atoms with Gasteiger partial charge >= 0.3 is 0 Å². The molecule has 0 unspecified atom stereocenters. The summed E-state index contributed by atoms with van der Waals surface area (Å²) in [4.78, 5) is 4.58. The normalized spacial score (nSPS) is 25.7. The molecule has 2 aliphatic rings. The first-order valence-corrected chi connectivity index (χ1v) is 9.05. The molecule has 2 saturated heterocycles. The first kappa shape index (κ1) is 14.1. The summed E-state index contributed by atoms with van der Waals surface area (Å²) in [6.45, 7) is 5.02. The van der Waals surface area contributed by atoms with Crippen molar-refractivity contribution in [2.45, 2.75) is 11.8 Å². The van der Waals surface area contributed by atoms with E-state index in [0.717, 1.165) is 29.4 Å². The summed E-state index contributed by atoms with van der Waals surface area (Å²) in [7, 11) is -3.45. The van der Waals surface area contributed by atoms with Crippen LogP contribution in [0.3, 0.4) is 0 Å². The average Bonchev–Trinajstić information content (AvgIpc) is 3.08. The molecule has 2 aliphatic heterocycles. The van der Waals surface area contributed by atoms with E-state index < -0.39 is 10.0 Å². The van der Waals surface area contributed by atoms with E-state index in [1.807, 2.05) is 13.0 Å². The second kappa shape index (κ2) is 5.01. The van der Waals surface area contributed by atoms with Gasteiger partial charge in [0.2, 0.25) is 10.0 Å². The van der Waals surface area contributed by atoms with Crippen molar-refractivity contribution in [1.82, 2.24) is 14.6 Å². The largest absolute Gasteiger partial charge is 0.316 e. The molecule has 5 nitrogen and oxygen atoms in total. The van der Waals surface area contributed by atoms with E-state index in [-0.39, 0.29) is 0 Å². The lowest BCUT2D eigenvalue weighted by molar-refractivity contribution is 0.448. The van der Waals surface area contributed by atoms with Crippen LogP contribution in [0.4, 0.5) is 0 Å². The van der Waals surface area contributed by atoms with Gasteiger partial charge in [0.15, 0.2) is 0 Å². The third-order valence-corrected chi connectivity index (χ3v) is 6.78. The molecular formula is C16H19N3O2S. The number of fused-ring (bicyclic) bond motifs is 2. The van der Waals surface area contributed by atoms with Crippen LogP contribution in [0.5, 0.6) is 0 Å². The fourth-order valence-electron chi connectivity index (χ4n) is 3.73. The molecule has 0 spiro atoms. The Balaban J connectivity index is 1.81. The molecule has 116 valence electrons. The highest BCUT2D eigenvalue weighted by atomic mass is 32.2. The second-order valence-electron chi connectivity index (χ2n) is 6.31. The van der Waals surface area contributed by atoms with Crippen LogP contribution in [0.1, 0.15) is 5.56 Å². The van der Waals surface area contributed by atoms with Gasteiger partial charge in [0, 0.05) is 36.3 Å². The van der Waals surface area contributed by atoms with Crippen molar-refractivity contribution < 1.29 is 8.42 Å². The topological polar surface area (TPSA) is 62.3 Å². The number of sulfonamides is 1. The van der Waals surface area contributed by atoms with Crippen molar-refractivity contribution in [2.24, 2.45) is 11.8 Å². The zero-order valence-corrected chi connectivity index (χ0v) is 13.3. The molecule has 0 radical (unpaired) electrons. The van der Waals surface area contributed by atoms with Crippen LogP contribution in [0.15, 0.2) is 35.5 Å². The number of benzene rings is 1. The van der Waals surface area contributed by atoms with Gasteiger partial charge in [-0.25, -0.2) is 8.42 Å². The Morgan fingerprint density at radius 3 is 2.64 bits per heavy atom.